The zero-order valence-corrected chi connectivity index (χ0v) is 10.2. The molecule has 3 rings (SSSR count). The van der Waals surface area contributed by atoms with Crippen LogP contribution in [0.15, 0.2) is 42.5 Å². The van der Waals surface area contributed by atoms with Gasteiger partial charge in [-0.3, -0.25) is 0 Å². The first-order valence-corrected chi connectivity index (χ1v) is 6.38. The summed E-state index contributed by atoms with van der Waals surface area (Å²) in [7, 11) is 0. The predicted octanol–water partition coefficient (Wildman–Crippen LogP) is 4.49. The van der Waals surface area contributed by atoms with E-state index in [1.807, 2.05) is 0 Å². The van der Waals surface area contributed by atoms with E-state index in [2.05, 4.69) is 55.8 Å². The molecule has 0 saturated carbocycles. The lowest BCUT2D eigenvalue weighted by Crippen LogP contribution is -1.91. The third-order valence-electron chi connectivity index (χ3n) is 3.43. The Balaban J connectivity index is 2.05. The Bertz CT molecular complexity index is 537. The number of rotatable bonds is 3. The molecule has 0 unspecified atom stereocenters. The van der Waals surface area contributed by atoms with Gasteiger partial charge >= 0.3 is 0 Å². The van der Waals surface area contributed by atoms with E-state index >= 15 is 0 Å². The molecule has 0 nitrogen and oxygen atoms in total. The lowest BCUT2D eigenvalue weighted by molar-refractivity contribution is 0.793. The van der Waals surface area contributed by atoms with E-state index in [9.17, 15) is 0 Å². The Kier molecular flexibility index (Phi) is 2.72. The Morgan fingerprint density at radius 2 is 1.76 bits per heavy atom. The van der Waals surface area contributed by atoms with E-state index in [1.54, 1.807) is 0 Å². The normalized spacial score (nSPS) is 12.3. The predicted molar refractivity (Wildman–Crippen MR) is 71.9 cm³/mol. The second kappa shape index (κ2) is 4.37. The van der Waals surface area contributed by atoms with Crippen molar-refractivity contribution in [2.45, 2.75) is 26.2 Å². The average Bonchev–Trinajstić information content (AvgIpc) is 2.75. The van der Waals surface area contributed by atoms with E-state index in [1.165, 1.54) is 47.1 Å². The molecule has 0 amide bonds. The van der Waals surface area contributed by atoms with Crippen LogP contribution in [0.2, 0.25) is 0 Å². The molecule has 17 heavy (non-hydrogen) atoms. The summed E-state index contributed by atoms with van der Waals surface area (Å²) in [6, 6.07) is 15.2. The van der Waals surface area contributed by atoms with Crippen molar-refractivity contribution in [2.75, 3.05) is 0 Å². The largest absolute Gasteiger partial charge is 0.0654 e. The number of benzene rings is 2. The van der Waals surface area contributed by atoms with Crippen molar-refractivity contribution in [2.24, 2.45) is 0 Å². The van der Waals surface area contributed by atoms with Gasteiger partial charge in [-0.15, -0.1) is 0 Å². The molecule has 0 heteroatoms. The summed E-state index contributed by atoms with van der Waals surface area (Å²) in [6.07, 6.45) is 7.23. The SMILES string of the molecule is CCCCc1cccc2c1[C]c1ccccc1-2. The quantitative estimate of drug-likeness (QED) is 0.610. The van der Waals surface area contributed by atoms with Gasteiger partial charge in [0.25, 0.3) is 0 Å². The third-order valence-corrected chi connectivity index (χ3v) is 3.43. The summed E-state index contributed by atoms with van der Waals surface area (Å²) in [6.45, 7) is 2.24. The molecule has 0 fully saturated rings. The highest BCUT2D eigenvalue weighted by Crippen LogP contribution is 2.39. The van der Waals surface area contributed by atoms with Crippen molar-refractivity contribution in [3.05, 3.63) is 65.6 Å². The summed E-state index contributed by atoms with van der Waals surface area (Å²) in [4.78, 5) is 0. The van der Waals surface area contributed by atoms with E-state index in [0.717, 1.165) is 0 Å². The molecule has 1 aliphatic carbocycles. The summed E-state index contributed by atoms with van der Waals surface area (Å²) in [5, 5.41) is 0. The van der Waals surface area contributed by atoms with Gasteiger partial charge in [-0.05, 0) is 40.7 Å². The molecule has 0 N–H and O–H groups in total. The van der Waals surface area contributed by atoms with E-state index in [-0.39, 0.29) is 0 Å². The summed E-state index contributed by atoms with van der Waals surface area (Å²) in [5.41, 5.74) is 6.70. The maximum atomic E-state index is 3.56. The fourth-order valence-electron chi connectivity index (χ4n) is 2.51. The van der Waals surface area contributed by atoms with Gasteiger partial charge < -0.3 is 0 Å². The van der Waals surface area contributed by atoms with Crippen LogP contribution < -0.4 is 0 Å². The fraction of sp³-hybridized carbons (Fsp3) is 0.235. The van der Waals surface area contributed by atoms with Gasteiger partial charge in [-0.25, -0.2) is 0 Å². The third kappa shape index (κ3) is 1.78. The second-order valence-electron chi connectivity index (χ2n) is 4.61. The second-order valence-corrected chi connectivity index (χ2v) is 4.61. The molecule has 2 aromatic carbocycles. The minimum atomic E-state index is 1.17. The molecule has 84 valence electrons. The summed E-state index contributed by atoms with van der Waals surface area (Å²) in [5.74, 6) is 0. The van der Waals surface area contributed by atoms with Crippen LogP contribution in [0.5, 0.6) is 0 Å². The molecule has 0 spiro atoms. The number of fused-ring (bicyclic) bond motifs is 3. The summed E-state index contributed by atoms with van der Waals surface area (Å²) < 4.78 is 0. The van der Waals surface area contributed by atoms with Crippen LogP contribution in [0.3, 0.4) is 0 Å². The zero-order valence-electron chi connectivity index (χ0n) is 10.2. The van der Waals surface area contributed by atoms with Gasteiger partial charge in [0.2, 0.25) is 0 Å². The van der Waals surface area contributed by atoms with Crippen LogP contribution in [-0.2, 0) is 6.42 Å². The topological polar surface area (TPSA) is 0 Å². The van der Waals surface area contributed by atoms with Gasteiger partial charge in [0.15, 0.2) is 0 Å². The molecule has 0 aliphatic heterocycles. The van der Waals surface area contributed by atoms with E-state index in [0.29, 0.717) is 0 Å². The Morgan fingerprint density at radius 1 is 0.941 bits per heavy atom. The molecule has 0 saturated heterocycles. The van der Waals surface area contributed by atoms with E-state index in [4.69, 9.17) is 0 Å². The number of hydrogen-bond donors (Lipinski definition) is 0. The van der Waals surface area contributed by atoms with Crippen LogP contribution in [0.25, 0.3) is 11.1 Å². The lowest BCUT2D eigenvalue weighted by Gasteiger charge is -2.07. The molecule has 2 aromatic rings. The first-order chi connectivity index (χ1) is 8.40. The number of hydrogen-bond acceptors (Lipinski definition) is 0. The maximum absolute atomic E-state index is 3.56. The van der Waals surface area contributed by atoms with Crippen LogP contribution in [-0.4, -0.2) is 0 Å². The molecular formula is C17H16. The van der Waals surface area contributed by atoms with Crippen LogP contribution >= 0.6 is 0 Å². The molecule has 0 atom stereocenters. The highest BCUT2D eigenvalue weighted by Gasteiger charge is 2.20. The van der Waals surface area contributed by atoms with Gasteiger partial charge in [-0.2, -0.15) is 0 Å². The molecule has 0 heterocycles. The van der Waals surface area contributed by atoms with Gasteiger partial charge in [0.1, 0.15) is 0 Å². The Morgan fingerprint density at radius 3 is 2.65 bits per heavy atom. The van der Waals surface area contributed by atoms with Crippen molar-refractivity contribution in [3.63, 3.8) is 0 Å². The molecule has 2 radical (unpaired) electrons. The first-order valence-electron chi connectivity index (χ1n) is 6.38. The number of unbranched alkanes of at least 4 members (excludes halogenated alkanes) is 1. The Hall–Kier alpha value is -1.56. The van der Waals surface area contributed by atoms with Crippen molar-refractivity contribution in [1.82, 2.24) is 0 Å². The van der Waals surface area contributed by atoms with Crippen molar-refractivity contribution in [1.29, 1.82) is 0 Å². The fourth-order valence-corrected chi connectivity index (χ4v) is 2.51. The van der Waals surface area contributed by atoms with Crippen molar-refractivity contribution in [3.8, 4) is 11.1 Å². The molecule has 0 aromatic heterocycles. The minimum absolute atomic E-state index is 1.17. The zero-order chi connectivity index (χ0) is 11.7. The maximum Gasteiger partial charge on any atom is 0.0517 e. The molecule has 1 aliphatic rings. The molecule has 0 bridgehead atoms. The monoisotopic (exact) mass is 220 g/mol. The molecular weight excluding hydrogens is 204 g/mol. The van der Waals surface area contributed by atoms with Crippen LogP contribution in [0, 0.1) is 6.42 Å². The van der Waals surface area contributed by atoms with Crippen LogP contribution in [0.1, 0.15) is 36.5 Å². The van der Waals surface area contributed by atoms with Gasteiger partial charge in [0.05, 0.1) is 6.42 Å². The Labute approximate surface area is 103 Å². The van der Waals surface area contributed by atoms with Crippen molar-refractivity contribution >= 4 is 0 Å². The van der Waals surface area contributed by atoms with Crippen LogP contribution in [0.4, 0.5) is 0 Å². The highest BCUT2D eigenvalue weighted by atomic mass is 14.2. The average molecular weight is 220 g/mol. The number of aryl methyl sites for hydroxylation is 1. The minimum Gasteiger partial charge on any atom is -0.0654 e. The van der Waals surface area contributed by atoms with E-state index < -0.39 is 0 Å². The highest BCUT2D eigenvalue weighted by molar-refractivity contribution is 5.82. The van der Waals surface area contributed by atoms with Gasteiger partial charge in [-0.1, -0.05) is 55.8 Å². The van der Waals surface area contributed by atoms with Gasteiger partial charge in [0, 0.05) is 0 Å². The van der Waals surface area contributed by atoms with Crippen molar-refractivity contribution < 1.29 is 0 Å². The lowest BCUT2D eigenvalue weighted by atomic mass is 9.98. The standard InChI is InChI=1S/C17H16/c1-2-3-7-13-9-6-11-16-15-10-5-4-8-14(15)12-17(13)16/h4-6,8-11H,2-3,7H2,1H3. The first kappa shape index (κ1) is 10.6. The smallest absolute Gasteiger partial charge is 0.0517 e. The summed E-state index contributed by atoms with van der Waals surface area (Å²) >= 11 is 0.